The van der Waals surface area contributed by atoms with Gasteiger partial charge in [-0.15, -0.1) is 0 Å². The number of carbonyl (C=O) groups is 3. The first-order valence-electron chi connectivity index (χ1n) is 13.6. The van der Waals surface area contributed by atoms with Crippen molar-refractivity contribution in [1.29, 1.82) is 0 Å². The maximum absolute atomic E-state index is 12.5. The van der Waals surface area contributed by atoms with Crippen molar-refractivity contribution in [3.05, 3.63) is 72.3 Å². The van der Waals surface area contributed by atoms with Crippen molar-refractivity contribution in [3.63, 3.8) is 0 Å². The second kappa shape index (κ2) is 16.4. The molecule has 1 aliphatic heterocycles. The van der Waals surface area contributed by atoms with Gasteiger partial charge in [-0.05, 0) is 80.6 Å². The van der Waals surface area contributed by atoms with E-state index in [9.17, 15) is 14.4 Å². The van der Waals surface area contributed by atoms with Crippen LogP contribution in [0.4, 0.5) is 0 Å². The summed E-state index contributed by atoms with van der Waals surface area (Å²) < 4.78 is 32.2. The molecule has 0 atom stereocenters. The SMILES string of the molecule is C=CC(=O)OCCCCOc1ccc(C(=O)Oc2ccc(C(=O)OCCCCCOCC3(C)COC3)cc2)cc1. The second-order valence-electron chi connectivity index (χ2n) is 9.92. The molecule has 0 unspecified atom stereocenters. The molecule has 1 aliphatic rings. The average molecular weight is 555 g/mol. The Balaban J connectivity index is 1.28. The Kier molecular flexibility index (Phi) is 12.7. The molecule has 3 rings (SSSR count). The molecule has 216 valence electrons. The Morgan fingerprint density at radius 2 is 1.35 bits per heavy atom. The Bertz CT molecular complexity index is 1090. The van der Waals surface area contributed by atoms with E-state index in [1.807, 2.05) is 0 Å². The Hall–Kier alpha value is -3.69. The topological polar surface area (TPSA) is 107 Å². The van der Waals surface area contributed by atoms with E-state index in [4.69, 9.17) is 28.4 Å². The van der Waals surface area contributed by atoms with E-state index in [2.05, 4.69) is 13.5 Å². The van der Waals surface area contributed by atoms with E-state index >= 15 is 0 Å². The van der Waals surface area contributed by atoms with Crippen LogP contribution in [0.1, 0.15) is 59.7 Å². The highest BCUT2D eigenvalue weighted by atomic mass is 16.5. The van der Waals surface area contributed by atoms with E-state index in [0.717, 1.165) is 45.2 Å². The summed E-state index contributed by atoms with van der Waals surface area (Å²) in [5.74, 6) is -0.442. The standard InChI is InChI=1S/C31H38O9/c1-3-28(32)38-19-8-7-18-37-26-13-9-25(10-14-26)30(34)40-27-15-11-24(12-16-27)29(33)39-20-6-4-5-17-35-21-31(2)22-36-23-31/h3,9-16H,1,4-8,17-23H2,2H3. The lowest BCUT2D eigenvalue weighted by molar-refractivity contribution is -0.138. The lowest BCUT2D eigenvalue weighted by Gasteiger charge is -2.37. The molecular formula is C31H38O9. The van der Waals surface area contributed by atoms with Crippen LogP contribution in [0.2, 0.25) is 0 Å². The summed E-state index contributed by atoms with van der Waals surface area (Å²) in [5, 5.41) is 0. The van der Waals surface area contributed by atoms with Gasteiger partial charge in [-0.2, -0.15) is 0 Å². The monoisotopic (exact) mass is 554 g/mol. The second-order valence-corrected chi connectivity index (χ2v) is 9.92. The number of hydrogen-bond acceptors (Lipinski definition) is 9. The van der Waals surface area contributed by atoms with Gasteiger partial charge in [0.1, 0.15) is 11.5 Å². The molecule has 1 heterocycles. The molecule has 1 fully saturated rings. The molecule has 0 N–H and O–H groups in total. The third-order valence-corrected chi connectivity index (χ3v) is 6.13. The fourth-order valence-electron chi connectivity index (χ4n) is 3.72. The van der Waals surface area contributed by atoms with E-state index in [-0.39, 0.29) is 5.41 Å². The van der Waals surface area contributed by atoms with Gasteiger partial charge in [0, 0.05) is 18.1 Å². The molecule has 2 aromatic carbocycles. The van der Waals surface area contributed by atoms with Gasteiger partial charge < -0.3 is 28.4 Å². The number of ether oxygens (including phenoxy) is 6. The molecule has 2 aromatic rings. The van der Waals surface area contributed by atoms with Crippen LogP contribution >= 0.6 is 0 Å². The van der Waals surface area contributed by atoms with E-state index in [0.29, 0.717) is 61.9 Å². The largest absolute Gasteiger partial charge is 0.494 e. The van der Waals surface area contributed by atoms with Gasteiger partial charge >= 0.3 is 17.9 Å². The summed E-state index contributed by atoms with van der Waals surface area (Å²) in [4.78, 5) is 35.7. The molecule has 0 radical (unpaired) electrons. The van der Waals surface area contributed by atoms with Crippen molar-refractivity contribution in [2.45, 2.75) is 39.0 Å². The minimum atomic E-state index is -0.523. The zero-order valence-corrected chi connectivity index (χ0v) is 23.1. The Labute approximate surface area is 235 Å². The molecule has 1 saturated heterocycles. The molecule has 9 heteroatoms. The summed E-state index contributed by atoms with van der Waals surface area (Å²) in [5.41, 5.74) is 0.918. The first kappa shape index (κ1) is 30.8. The molecule has 0 aliphatic carbocycles. The predicted molar refractivity (Wildman–Crippen MR) is 148 cm³/mol. The lowest BCUT2D eigenvalue weighted by Crippen LogP contribution is -2.43. The predicted octanol–water partition coefficient (Wildman–Crippen LogP) is 5.17. The van der Waals surface area contributed by atoms with Crippen molar-refractivity contribution in [2.24, 2.45) is 5.41 Å². The van der Waals surface area contributed by atoms with Crippen molar-refractivity contribution in [3.8, 4) is 11.5 Å². The van der Waals surface area contributed by atoms with Crippen LogP contribution in [0, 0.1) is 5.41 Å². The summed E-state index contributed by atoms with van der Waals surface area (Å²) in [7, 11) is 0. The van der Waals surface area contributed by atoms with Crippen LogP contribution in [-0.2, 0) is 23.7 Å². The van der Waals surface area contributed by atoms with Crippen LogP contribution < -0.4 is 9.47 Å². The van der Waals surface area contributed by atoms with Gasteiger partial charge in [0.05, 0.1) is 50.8 Å². The van der Waals surface area contributed by atoms with E-state index in [1.165, 1.54) is 0 Å². The van der Waals surface area contributed by atoms with Crippen LogP contribution in [0.3, 0.4) is 0 Å². The minimum Gasteiger partial charge on any atom is -0.494 e. The number of esters is 3. The third-order valence-electron chi connectivity index (χ3n) is 6.13. The molecule has 0 aromatic heterocycles. The number of unbranched alkanes of at least 4 members (excludes halogenated alkanes) is 3. The van der Waals surface area contributed by atoms with E-state index < -0.39 is 17.9 Å². The first-order chi connectivity index (χ1) is 19.4. The average Bonchev–Trinajstić information content (AvgIpc) is 2.95. The van der Waals surface area contributed by atoms with Gasteiger partial charge in [0.25, 0.3) is 0 Å². The van der Waals surface area contributed by atoms with Crippen LogP contribution in [0.15, 0.2) is 61.2 Å². The minimum absolute atomic E-state index is 0.165. The molecule has 0 saturated carbocycles. The smallest absolute Gasteiger partial charge is 0.343 e. The molecule has 0 amide bonds. The van der Waals surface area contributed by atoms with Crippen LogP contribution in [0.25, 0.3) is 0 Å². The number of rotatable bonds is 18. The molecular weight excluding hydrogens is 516 g/mol. The van der Waals surface area contributed by atoms with Gasteiger partial charge in [0.15, 0.2) is 0 Å². The molecule has 9 nitrogen and oxygen atoms in total. The Morgan fingerprint density at radius 3 is 2.00 bits per heavy atom. The summed E-state index contributed by atoms with van der Waals surface area (Å²) in [6.45, 7) is 9.54. The van der Waals surface area contributed by atoms with Gasteiger partial charge in [-0.3, -0.25) is 0 Å². The number of carbonyl (C=O) groups excluding carboxylic acids is 3. The lowest BCUT2D eigenvalue weighted by atomic mass is 9.90. The summed E-state index contributed by atoms with van der Waals surface area (Å²) >= 11 is 0. The van der Waals surface area contributed by atoms with Gasteiger partial charge in [-0.25, -0.2) is 14.4 Å². The van der Waals surface area contributed by atoms with Gasteiger partial charge in [0.2, 0.25) is 0 Å². The first-order valence-corrected chi connectivity index (χ1v) is 13.6. The maximum atomic E-state index is 12.5. The highest BCUT2D eigenvalue weighted by Gasteiger charge is 2.33. The highest BCUT2D eigenvalue weighted by molar-refractivity contribution is 5.92. The zero-order chi connectivity index (χ0) is 28.6. The molecule has 0 bridgehead atoms. The van der Waals surface area contributed by atoms with Crippen LogP contribution in [-0.4, -0.2) is 64.2 Å². The fraction of sp³-hybridized carbons (Fsp3) is 0.452. The van der Waals surface area contributed by atoms with Gasteiger partial charge in [-0.1, -0.05) is 13.5 Å². The molecule has 40 heavy (non-hydrogen) atoms. The number of benzene rings is 2. The maximum Gasteiger partial charge on any atom is 0.343 e. The fourth-order valence-corrected chi connectivity index (χ4v) is 3.72. The number of hydrogen-bond donors (Lipinski definition) is 0. The highest BCUT2D eigenvalue weighted by Crippen LogP contribution is 2.26. The Morgan fingerprint density at radius 1 is 0.775 bits per heavy atom. The third kappa shape index (κ3) is 10.8. The van der Waals surface area contributed by atoms with Crippen molar-refractivity contribution in [2.75, 3.05) is 46.2 Å². The van der Waals surface area contributed by atoms with Crippen LogP contribution in [0.5, 0.6) is 11.5 Å². The van der Waals surface area contributed by atoms with Crippen molar-refractivity contribution >= 4 is 17.9 Å². The summed E-state index contributed by atoms with van der Waals surface area (Å²) in [6, 6.07) is 12.9. The zero-order valence-electron chi connectivity index (χ0n) is 23.1. The molecule has 0 spiro atoms. The quantitative estimate of drug-likeness (QED) is 0.107. The van der Waals surface area contributed by atoms with Crippen molar-refractivity contribution in [1.82, 2.24) is 0 Å². The summed E-state index contributed by atoms with van der Waals surface area (Å²) in [6.07, 6.45) is 5.11. The normalized spacial score (nSPS) is 13.5. The van der Waals surface area contributed by atoms with Crippen molar-refractivity contribution < 1.29 is 42.8 Å². The van der Waals surface area contributed by atoms with E-state index in [1.54, 1.807) is 48.5 Å².